The second kappa shape index (κ2) is 4.00. The molecule has 1 heterocycles. The van der Waals surface area contributed by atoms with Crippen LogP contribution in [-0.2, 0) is 5.41 Å². The molecule has 1 aliphatic heterocycles. The highest BCUT2D eigenvalue weighted by molar-refractivity contribution is 6.37. The number of nitrogens with zero attached hydrogens (tertiary/aromatic N) is 1. The van der Waals surface area contributed by atoms with Crippen LogP contribution in [-0.4, -0.2) is 5.71 Å². The molecule has 2 aliphatic rings. The molecule has 1 fully saturated rings. The molecule has 0 amide bonds. The number of benzene rings is 1. The fourth-order valence-electron chi connectivity index (χ4n) is 3.30. The first kappa shape index (κ1) is 11.6. The van der Waals surface area contributed by atoms with Crippen LogP contribution in [0.25, 0.3) is 0 Å². The van der Waals surface area contributed by atoms with Crippen LogP contribution in [0, 0.1) is 0 Å². The Morgan fingerprint density at radius 1 is 1.12 bits per heavy atom. The Bertz CT molecular complexity index is 499. The quantitative estimate of drug-likeness (QED) is 0.605. The van der Waals surface area contributed by atoms with E-state index in [0.29, 0.717) is 5.02 Å². The molecule has 1 aromatic rings. The summed E-state index contributed by atoms with van der Waals surface area (Å²) in [6, 6.07) is 3.86. The summed E-state index contributed by atoms with van der Waals surface area (Å²) in [6.45, 7) is 2.13. The molecule has 1 aliphatic carbocycles. The summed E-state index contributed by atoms with van der Waals surface area (Å²) in [5.74, 6) is 0. The van der Waals surface area contributed by atoms with E-state index >= 15 is 0 Å². The van der Waals surface area contributed by atoms with Crippen molar-refractivity contribution >= 4 is 34.6 Å². The van der Waals surface area contributed by atoms with Crippen molar-refractivity contribution in [3.05, 3.63) is 27.7 Å². The van der Waals surface area contributed by atoms with Gasteiger partial charge in [0.25, 0.3) is 0 Å². The van der Waals surface area contributed by atoms with Gasteiger partial charge in [-0.05, 0) is 37.5 Å². The Morgan fingerprint density at radius 2 is 1.82 bits per heavy atom. The van der Waals surface area contributed by atoms with Crippen molar-refractivity contribution in [3.8, 4) is 0 Å². The molecule has 0 radical (unpaired) electrons. The van der Waals surface area contributed by atoms with Gasteiger partial charge in [-0.25, -0.2) is 0 Å². The van der Waals surface area contributed by atoms with Crippen LogP contribution in [0.4, 0.5) is 5.69 Å². The van der Waals surface area contributed by atoms with Crippen LogP contribution in [0.2, 0.25) is 10.0 Å². The number of halogens is 2. The van der Waals surface area contributed by atoms with E-state index in [2.05, 4.69) is 13.0 Å². The minimum Gasteiger partial charge on any atom is -0.255 e. The minimum atomic E-state index is 0.127. The topological polar surface area (TPSA) is 12.4 Å². The Hall–Kier alpha value is -0.530. The highest BCUT2D eigenvalue weighted by Gasteiger charge is 2.42. The third-order valence-corrected chi connectivity index (χ3v) is 4.73. The van der Waals surface area contributed by atoms with Crippen molar-refractivity contribution in [2.45, 2.75) is 44.4 Å². The zero-order valence-electron chi connectivity index (χ0n) is 9.89. The molecule has 1 saturated carbocycles. The van der Waals surface area contributed by atoms with E-state index in [1.807, 2.05) is 0 Å². The average Bonchev–Trinajstić information content (AvgIpc) is 2.56. The fraction of sp³-hybridized carbons (Fsp3) is 0.500. The standard InChI is InChI=1S/C14H15Cl2N/c1-9-14(5-3-2-4-6-14)11-7-10(15)8-12(16)13(11)17-9/h7-8H,2-6H2,1H3. The fourth-order valence-corrected chi connectivity index (χ4v) is 3.84. The van der Waals surface area contributed by atoms with E-state index < -0.39 is 0 Å². The smallest absolute Gasteiger partial charge is 0.0858 e. The summed E-state index contributed by atoms with van der Waals surface area (Å²) in [5, 5.41) is 1.41. The number of fused-ring (bicyclic) bond motifs is 2. The van der Waals surface area contributed by atoms with Crippen molar-refractivity contribution in [1.29, 1.82) is 0 Å². The Labute approximate surface area is 112 Å². The molecular formula is C14H15Cl2N. The van der Waals surface area contributed by atoms with Crippen LogP contribution in [0.1, 0.15) is 44.6 Å². The number of hydrogen-bond acceptors (Lipinski definition) is 1. The van der Waals surface area contributed by atoms with Crippen molar-refractivity contribution in [2.75, 3.05) is 0 Å². The second-order valence-corrected chi connectivity index (χ2v) is 5.97. The third-order valence-electron chi connectivity index (χ3n) is 4.22. The van der Waals surface area contributed by atoms with E-state index in [9.17, 15) is 0 Å². The van der Waals surface area contributed by atoms with E-state index in [1.165, 1.54) is 43.4 Å². The van der Waals surface area contributed by atoms with Gasteiger partial charge in [-0.15, -0.1) is 0 Å². The summed E-state index contributed by atoms with van der Waals surface area (Å²) >= 11 is 12.4. The van der Waals surface area contributed by atoms with Gasteiger partial charge in [0.15, 0.2) is 0 Å². The van der Waals surface area contributed by atoms with Gasteiger partial charge in [-0.1, -0.05) is 42.5 Å². The van der Waals surface area contributed by atoms with Gasteiger partial charge < -0.3 is 0 Å². The highest BCUT2D eigenvalue weighted by Crippen LogP contribution is 2.51. The van der Waals surface area contributed by atoms with Crippen LogP contribution in [0.5, 0.6) is 0 Å². The predicted octanol–water partition coefficient (Wildman–Crippen LogP) is 5.30. The molecule has 90 valence electrons. The highest BCUT2D eigenvalue weighted by atomic mass is 35.5. The lowest BCUT2D eigenvalue weighted by atomic mass is 9.68. The monoisotopic (exact) mass is 267 g/mol. The first-order chi connectivity index (χ1) is 8.13. The summed E-state index contributed by atoms with van der Waals surface area (Å²) in [7, 11) is 0. The minimum absolute atomic E-state index is 0.127. The normalized spacial score (nSPS) is 21.5. The third kappa shape index (κ3) is 1.63. The largest absolute Gasteiger partial charge is 0.255 e. The van der Waals surface area contributed by atoms with Gasteiger partial charge in [0.05, 0.1) is 10.7 Å². The van der Waals surface area contributed by atoms with E-state index in [0.717, 1.165) is 10.7 Å². The van der Waals surface area contributed by atoms with Gasteiger partial charge in [0.1, 0.15) is 0 Å². The molecule has 0 aromatic heterocycles. The molecule has 0 atom stereocenters. The lowest BCUT2D eigenvalue weighted by molar-refractivity contribution is 0.384. The maximum absolute atomic E-state index is 6.25. The van der Waals surface area contributed by atoms with E-state index in [-0.39, 0.29) is 5.41 Å². The van der Waals surface area contributed by atoms with Crippen molar-refractivity contribution < 1.29 is 0 Å². The first-order valence-corrected chi connectivity index (χ1v) is 6.94. The van der Waals surface area contributed by atoms with Crippen LogP contribution in [0.15, 0.2) is 17.1 Å². The molecule has 1 aromatic carbocycles. The molecule has 17 heavy (non-hydrogen) atoms. The van der Waals surface area contributed by atoms with Crippen LogP contribution >= 0.6 is 23.2 Å². The van der Waals surface area contributed by atoms with Crippen LogP contribution in [0.3, 0.4) is 0 Å². The van der Waals surface area contributed by atoms with E-state index in [4.69, 9.17) is 28.2 Å². The Kier molecular flexibility index (Phi) is 2.72. The van der Waals surface area contributed by atoms with Crippen molar-refractivity contribution in [2.24, 2.45) is 4.99 Å². The maximum atomic E-state index is 6.25. The van der Waals surface area contributed by atoms with E-state index in [1.54, 1.807) is 6.07 Å². The van der Waals surface area contributed by atoms with Gasteiger partial charge in [0.2, 0.25) is 0 Å². The SMILES string of the molecule is CC1=Nc2c(Cl)cc(Cl)cc2C12CCCCC2. The molecule has 0 N–H and O–H groups in total. The van der Waals surface area contributed by atoms with Crippen molar-refractivity contribution in [3.63, 3.8) is 0 Å². The summed E-state index contributed by atoms with van der Waals surface area (Å²) in [5.41, 5.74) is 3.56. The number of rotatable bonds is 0. The molecule has 0 unspecified atom stereocenters. The van der Waals surface area contributed by atoms with Gasteiger partial charge >= 0.3 is 0 Å². The number of hydrogen-bond donors (Lipinski definition) is 0. The molecular weight excluding hydrogens is 253 g/mol. The molecule has 0 bridgehead atoms. The Balaban J connectivity index is 2.19. The lowest BCUT2D eigenvalue weighted by Gasteiger charge is -2.35. The molecule has 3 heteroatoms. The number of aliphatic imine (C=N–C) groups is 1. The molecule has 1 spiro atoms. The predicted molar refractivity (Wildman–Crippen MR) is 74.0 cm³/mol. The summed E-state index contributed by atoms with van der Waals surface area (Å²) in [6.07, 6.45) is 6.25. The molecule has 3 rings (SSSR count). The first-order valence-electron chi connectivity index (χ1n) is 6.19. The zero-order chi connectivity index (χ0) is 12.0. The summed E-state index contributed by atoms with van der Waals surface area (Å²) < 4.78 is 0. The Morgan fingerprint density at radius 3 is 2.53 bits per heavy atom. The summed E-state index contributed by atoms with van der Waals surface area (Å²) in [4.78, 5) is 4.70. The zero-order valence-corrected chi connectivity index (χ0v) is 11.4. The lowest BCUT2D eigenvalue weighted by Crippen LogP contribution is -2.33. The maximum Gasteiger partial charge on any atom is 0.0858 e. The average molecular weight is 268 g/mol. The van der Waals surface area contributed by atoms with Crippen molar-refractivity contribution in [1.82, 2.24) is 0 Å². The molecule has 0 saturated heterocycles. The molecule has 1 nitrogen and oxygen atoms in total. The van der Waals surface area contributed by atoms with Gasteiger partial charge in [-0.3, -0.25) is 4.99 Å². The van der Waals surface area contributed by atoms with Gasteiger partial charge in [-0.2, -0.15) is 0 Å². The van der Waals surface area contributed by atoms with Gasteiger partial charge in [0, 0.05) is 16.1 Å². The van der Waals surface area contributed by atoms with Crippen LogP contribution < -0.4 is 0 Å². The second-order valence-electron chi connectivity index (χ2n) is 5.12.